The van der Waals surface area contributed by atoms with Crippen LogP contribution in [0.1, 0.15) is 46.6 Å². The van der Waals surface area contributed by atoms with E-state index in [1.54, 1.807) is 19.1 Å². The molecule has 0 aliphatic heterocycles. The minimum Gasteiger partial charge on any atom is -0.488 e. The second kappa shape index (κ2) is 8.31. The zero-order valence-electron chi connectivity index (χ0n) is 17.2. The topological polar surface area (TPSA) is 59.3 Å². The third-order valence-electron chi connectivity index (χ3n) is 4.16. The van der Waals surface area contributed by atoms with Gasteiger partial charge in [-0.15, -0.1) is 0 Å². The molecule has 0 unspecified atom stereocenters. The molecule has 0 saturated carbocycles. The van der Waals surface area contributed by atoms with E-state index in [1.807, 2.05) is 64.1 Å². The summed E-state index contributed by atoms with van der Waals surface area (Å²) in [5.41, 5.74) is 1.89. The SMILES string of the molecule is C=C(C)C(=O)OC(C)(C)CC(C)(C)Oc1ccc(-c2ccc(C#N)cc2)cc1. The van der Waals surface area contributed by atoms with Crippen LogP contribution < -0.4 is 4.74 Å². The summed E-state index contributed by atoms with van der Waals surface area (Å²) in [7, 11) is 0. The molecule has 0 atom stereocenters. The quantitative estimate of drug-likeness (QED) is 0.461. The summed E-state index contributed by atoms with van der Waals surface area (Å²) in [4.78, 5) is 11.8. The number of esters is 1. The lowest BCUT2D eigenvalue weighted by atomic mass is 9.92. The number of nitriles is 1. The molecule has 0 spiro atoms. The van der Waals surface area contributed by atoms with E-state index < -0.39 is 17.2 Å². The number of rotatable bonds is 7. The van der Waals surface area contributed by atoms with Crippen LogP contribution in [0.2, 0.25) is 0 Å². The molecule has 0 radical (unpaired) electrons. The fourth-order valence-corrected chi connectivity index (χ4v) is 3.21. The number of carbonyl (C=O) groups excluding carboxylic acids is 1. The number of nitrogens with zero attached hydrogens (tertiary/aromatic N) is 1. The van der Waals surface area contributed by atoms with Crippen molar-refractivity contribution in [3.63, 3.8) is 0 Å². The molecule has 0 bridgehead atoms. The third-order valence-corrected chi connectivity index (χ3v) is 4.16. The second-order valence-electron chi connectivity index (χ2n) is 8.18. The molecule has 0 aliphatic rings. The van der Waals surface area contributed by atoms with E-state index in [0.717, 1.165) is 16.9 Å². The highest BCUT2D eigenvalue weighted by Gasteiger charge is 2.33. The largest absolute Gasteiger partial charge is 0.488 e. The van der Waals surface area contributed by atoms with E-state index in [4.69, 9.17) is 14.7 Å². The van der Waals surface area contributed by atoms with Gasteiger partial charge < -0.3 is 9.47 Å². The molecule has 0 fully saturated rings. The predicted molar refractivity (Wildman–Crippen MR) is 111 cm³/mol. The van der Waals surface area contributed by atoms with E-state index >= 15 is 0 Å². The molecule has 4 heteroatoms. The van der Waals surface area contributed by atoms with Crippen molar-refractivity contribution in [3.8, 4) is 22.9 Å². The fraction of sp³-hybridized carbons (Fsp3) is 0.333. The smallest absolute Gasteiger partial charge is 0.333 e. The summed E-state index contributed by atoms with van der Waals surface area (Å²) in [6.07, 6.45) is 0.524. The number of ether oxygens (including phenoxy) is 2. The first-order valence-corrected chi connectivity index (χ1v) is 9.20. The molecule has 2 rings (SSSR count). The fourth-order valence-electron chi connectivity index (χ4n) is 3.21. The third kappa shape index (κ3) is 5.99. The Labute approximate surface area is 167 Å². The van der Waals surface area contributed by atoms with Crippen molar-refractivity contribution in [3.05, 3.63) is 66.2 Å². The minimum absolute atomic E-state index is 0.380. The van der Waals surface area contributed by atoms with Gasteiger partial charge in [0.1, 0.15) is 17.0 Å². The molecule has 0 aromatic heterocycles. The average molecular weight is 377 g/mol. The maximum atomic E-state index is 11.8. The Morgan fingerprint density at radius 3 is 1.93 bits per heavy atom. The lowest BCUT2D eigenvalue weighted by Crippen LogP contribution is -2.40. The van der Waals surface area contributed by atoms with Gasteiger partial charge in [0, 0.05) is 12.0 Å². The second-order valence-corrected chi connectivity index (χ2v) is 8.18. The Kier molecular flexibility index (Phi) is 6.30. The zero-order valence-corrected chi connectivity index (χ0v) is 17.2. The van der Waals surface area contributed by atoms with E-state index in [0.29, 0.717) is 17.6 Å². The van der Waals surface area contributed by atoms with Gasteiger partial charge in [-0.1, -0.05) is 30.8 Å². The first-order chi connectivity index (χ1) is 13.0. The Bertz CT molecular complexity index is 885. The van der Waals surface area contributed by atoms with Crippen molar-refractivity contribution in [2.45, 2.75) is 52.2 Å². The van der Waals surface area contributed by atoms with E-state index in [-0.39, 0.29) is 0 Å². The van der Waals surface area contributed by atoms with Crippen LogP contribution in [0.5, 0.6) is 5.75 Å². The Hall–Kier alpha value is -3.06. The van der Waals surface area contributed by atoms with Crippen LogP contribution in [0.15, 0.2) is 60.7 Å². The summed E-state index contributed by atoms with van der Waals surface area (Å²) in [5, 5.41) is 8.90. The van der Waals surface area contributed by atoms with Gasteiger partial charge in [-0.05, 0) is 70.0 Å². The van der Waals surface area contributed by atoms with Crippen molar-refractivity contribution in [1.29, 1.82) is 5.26 Å². The molecule has 2 aromatic rings. The monoisotopic (exact) mass is 377 g/mol. The Balaban J connectivity index is 2.06. The number of benzene rings is 2. The molecule has 146 valence electrons. The van der Waals surface area contributed by atoms with E-state index in [9.17, 15) is 4.79 Å². The number of hydrogen-bond donors (Lipinski definition) is 0. The molecule has 4 nitrogen and oxygen atoms in total. The minimum atomic E-state index is -0.679. The summed E-state index contributed by atoms with van der Waals surface area (Å²) < 4.78 is 11.7. The first kappa shape index (κ1) is 21.2. The highest BCUT2D eigenvalue weighted by atomic mass is 16.6. The summed E-state index contributed by atoms with van der Waals surface area (Å²) in [6, 6.07) is 17.4. The van der Waals surface area contributed by atoms with E-state index in [1.165, 1.54) is 0 Å². The van der Waals surface area contributed by atoms with Gasteiger partial charge in [-0.3, -0.25) is 0 Å². The molecule has 0 N–H and O–H groups in total. The van der Waals surface area contributed by atoms with Crippen molar-refractivity contribution >= 4 is 5.97 Å². The molecule has 0 amide bonds. The summed E-state index contributed by atoms with van der Waals surface area (Å²) in [5.74, 6) is 0.344. The van der Waals surface area contributed by atoms with Crippen molar-refractivity contribution in [2.75, 3.05) is 0 Å². The van der Waals surface area contributed by atoms with Crippen LogP contribution in [0.4, 0.5) is 0 Å². The Morgan fingerprint density at radius 1 is 0.964 bits per heavy atom. The van der Waals surface area contributed by atoms with Crippen molar-refractivity contribution in [2.24, 2.45) is 0 Å². The van der Waals surface area contributed by atoms with Crippen LogP contribution in [0.25, 0.3) is 11.1 Å². The molecule has 2 aromatic carbocycles. The lowest BCUT2D eigenvalue weighted by molar-refractivity contribution is -0.155. The molecule has 28 heavy (non-hydrogen) atoms. The average Bonchev–Trinajstić information content (AvgIpc) is 2.60. The van der Waals surface area contributed by atoms with Crippen LogP contribution in [-0.2, 0) is 9.53 Å². The van der Waals surface area contributed by atoms with Gasteiger partial charge in [0.05, 0.1) is 11.6 Å². The molecular weight excluding hydrogens is 350 g/mol. The summed E-state index contributed by atoms with van der Waals surface area (Å²) in [6.45, 7) is 12.9. The molecule has 0 aliphatic carbocycles. The van der Waals surface area contributed by atoms with Crippen molar-refractivity contribution < 1.29 is 14.3 Å². The van der Waals surface area contributed by atoms with Crippen LogP contribution in [-0.4, -0.2) is 17.2 Å². The standard InChI is InChI=1S/C24H27NO3/c1-17(2)22(26)28-24(5,6)16-23(3,4)27-21-13-11-20(12-14-21)19-9-7-18(15-25)8-10-19/h7-14H,1,16H2,2-6H3. The highest BCUT2D eigenvalue weighted by molar-refractivity contribution is 5.87. The molecular formula is C24H27NO3. The Morgan fingerprint density at radius 2 is 1.46 bits per heavy atom. The zero-order chi connectivity index (χ0) is 20.9. The maximum absolute atomic E-state index is 11.8. The van der Waals surface area contributed by atoms with Crippen molar-refractivity contribution in [1.82, 2.24) is 0 Å². The van der Waals surface area contributed by atoms with Crippen LogP contribution in [0.3, 0.4) is 0 Å². The van der Waals surface area contributed by atoms with Gasteiger partial charge in [-0.25, -0.2) is 4.79 Å². The number of hydrogen-bond acceptors (Lipinski definition) is 4. The van der Waals surface area contributed by atoms with Gasteiger partial charge in [0.25, 0.3) is 0 Å². The van der Waals surface area contributed by atoms with E-state index in [2.05, 4.69) is 12.6 Å². The van der Waals surface area contributed by atoms with Gasteiger partial charge in [0.2, 0.25) is 0 Å². The van der Waals surface area contributed by atoms with Crippen LogP contribution in [0, 0.1) is 11.3 Å². The molecule has 0 saturated heterocycles. The highest BCUT2D eigenvalue weighted by Crippen LogP contribution is 2.30. The normalized spacial score (nSPS) is 11.4. The first-order valence-electron chi connectivity index (χ1n) is 9.20. The lowest BCUT2D eigenvalue weighted by Gasteiger charge is -2.35. The van der Waals surface area contributed by atoms with Gasteiger partial charge in [0.15, 0.2) is 0 Å². The van der Waals surface area contributed by atoms with Crippen LogP contribution >= 0.6 is 0 Å². The predicted octanol–water partition coefficient (Wildman–Crippen LogP) is 5.67. The molecule has 0 heterocycles. The van der Waals surface area contributed by atoms with Gasteiger partial charge in [-0.2, -0.15) is 5.26 Å². The number of carbonyl (C=O) groups is 1. The maximum Gasteiger partial charge on any atom is 0.333 e. The van der Waals surface area contributed by atoms with Gasteiger partial charge >= 0.3 is 5.97 Å². The summed E-state index contributed by atoms with van der Waals surface area (Å²) >= 11 is 0.